The normalized spacial score (nSPS) is 14.8. The molecule has 2 aromatic rings. The Balaban J connectivity index is 0.000000311. The van der Waals surface area contributed by atoms with Gasteiger partial charge in [-0.1, -0.05) is 62.7 Å². The average molecular weight is 590 g/mol. The first-order valence-electron chi connectivity index (χ1n) is 14.4. The number of carbonyl (C=O) groups is 3. The predicted molar refractivity (Wildman–Crippen MR) is 165 cm³/mol. The number of piperazine rings is 1. The third-order valence-electron chi connectivity index (χ3n) is 6.16. The summed E-state index contributed by atoms with van der Waals surface area (Å²) in [7, 11) is 0. The molecule has 2 aliphatic rings. The van der Waals surface area contributed by atoms with E-state index >= 15 is 0 Å². The largest absolute Gasteiger partial charge is 0.444 e. The molecule has 0 unspecified atom stereocenters. The van der Waals surface area contributed by atoms with Crippen molar-refractivity contribution >= 4 is 30.4 Å². The summed E-state index contributed by atoms with van der Waals surface area (Å²) >= 11 is 5.82. The van der Waals surface area contributed by atoms with Gasteiger partial charge in [-0.15, -0.1) is 0 Å². The number of hydrogen-bond donors (Lipinski definition) is 0. The van der Waals surface area contributed by atoms with E-state index in [2.05, 4.69) is 29.0 Å². The molecule has 3 heterocycles. The topological polar surface area (TPSA) is 88.0 Å². The van der Waals surface area contributed by atoms with Crippen LogP contribution >= 0.6 is 11.6 Å². The lowest BCUT2D eigenvalue weighted by atomic mass is 10.2. The summed E-state index contributed by atoms with van der Waals surface area (Å²) in [6, 6.07) is 7.91. The van der Waals surface area contributed by atoms with Crippen LogP contribution in [0.1, 0.15) is 70.3 Å². The van der Waals surface area contributed by atoms with Gasteiger partial charge in [0.1, 0.15) is 17.1 Å². The van der Waals surface area contributed by atoms with Crippen molar-refractivity contribution in [2.75, 3.05) is 39.3 Å². The van der Waals surface area contributed by atoms with Crippen LogP contribution in [0, 0.1) is 0 Å². The van der Waals surface area contributed by atoms with Gasteiger partial charge in [-0.3, -0.25) is 14.5 Å². The van der Waals surface area contributed by atoms with Gasteiger partial charge in [-0.25, -0.2) is 9.78 Å². The number of aromatic nitrogens is 2. The van der Waals surface area contributed by atoms with Gasteiger partial charge in [0.15, 0.2) is 6.29 Å². The fraction of sp³-hybridized carbons (Fsp3) is 0.548. The fourth-order valence-electron chi connectivity index (χ4n) is 3.97. The van der Waals surface area contributed by atoms with Crippen molar-refractivity contribution in [3.63, 3.8) is 0 Å². The Morgan fingerprint density at radius 3 is 2.22 bits per heavy atom. The SMILES string of the molecule is C/C=C/CN1CCN(C(=O)OC(C)(C)C)CC1.CC.CCc1ccccc1Cl.O=Cc1cnc2n1CCN(C=O)C2. The van der Waals surface area contributed by atoms with Crippen molar-refractivity contribution in [3.8, 4) is 0 Å². The number of aryl methyl sites for hydroxylation is 1. The molecule has 1 aromatic heterocycles. The van der Waals surface area contributed by atoms with Crippen LogP contribution in [-0.2, 0) is 29.0 Å². The van der Waals surface area contributed by atoms with E-state index in [1.165, 1.54) is 11.8 Å². The van der Waals surface area contributed by atoms with Gasteiger partial charge < -0.3 is 19.1 Å². The van der Waals surface area contributed by atoms with E-state index in [0.717, 1.165) is 62.7 Å². The van der Waals surface area contributed by atoms with E-state index < -0.39 is 5.60 Å². The number of halogens is 1. The van der Waals surface area contributed by atoms with Crippen LogP contribution in [0.15, 0.2) is 42.6 Å². The lowest BCUT2D eigenvalue weighted by Crippen LogP contribution is -2.49. The first-order chi connectivity index (χ1) is 19.6. The molecular formula is C31H48ClN5O4. The van der Waals surface area contributed by atoms with Gasteiger partial charge in [0.2, 0.25) is 6.41 Å². The predicted octanol–water partition coefficient (Wildman–Crippen LogP) is 5.71. The number of aldehydes is 1. The molecule has 0 radical (unpaired) electrons. The zero-order chi connectivity index (χ0) is 30.8. The maximum absolute atomic E-state index is 11.8. The molecule has 0 N–H and O–H groups in total. The third-order valence-corrected chi connectivity index (χ3v) is 6.52. The molecule has 228 valence electrons. The molecule has 2 aliphatic heterocycles. The molecule has 0 spiro atoms. The van der Waals surface area contributed by atoms with Crippen LogP contribution in [0.4, 0.5) is 4.79 Å². The quantitative estimate of drug-likeness (QED) is 0.328. The van der Waals surface area contributed by atoms with Gasteiger partial charge in [-0.05, 0) is 45.7 Å². The zero-order valence-electron chi connectivity index (χ0n) is 25.8. The fourth-order valence-corrected chi connectivity index (χ4v) is 4.24. The Labute approximate surface area is 251 Å². The molecular weight excluding hydrogens is 542 g/mol. The van der Waals surface area contributed by atoms with Crippen molar-refractivity contribution in [2.24, 2.45) is 0 Å². The molecule has 4 rings (SSSR count). The standard InChI is InChI=1S/C13H24N2O2.C8H9Cl.C8H9N3O2.C2H6/c1-5-6-7-14-8-10-15(11-9-14)12(16)17-13(2,3)4;1-2-7-5-3-4-6-8(7)9;12-5-7-3-9-8-4-10(6-13)1-2-11(7)8;1-2/h5-6H,7-11H2,1-4H3;3-6H,2H2,1H3;3,5-6H,1-2,4H2;1-2H3/b6-5+;;;. The van der Waals surface area contributed by atoms with Crippen molar-refractivity contribution in [3.05, 3.63) is 64.7 Å². The molecule has 0 atom stereocenters. The van der Waals surface area contributed by atoms with E-state index in [9.17, 15) is 14.4 Å². The third kappa shape index (κ3) is 12.9. The minimum Gasteiger partial charge on any atom is -0.444 e. The summed E-state index contributed by atoms with van der Waals surface area (Å²) in [6.45, 7) is 19.9. The molecule has 0 bridgehead atoms. The summed E-state index contributed by atoms with van der Waals surface area (Å²) in [5.41, 5.74) is 1.40. The number of amides is 2. The summed E-state index contributed by atoms with van der Waals surface area (Å²) < 4.78 is 7.19. The van der Waals surface area contributed by atoms with Crippen molar-refractivity contribution < 1.29 is 19.1 Å². The van der Waals surface area contributed by atoms with Crippen LogP contribution in [0.5, 0.6) is 0 Å². The van der Waals surface area contributed by atoms with Crippen LogP contribution in [-0.4, -0.2) is 87.9 Å². The number of fused-ring (bicyclic) bond motifs is 1. The minimum absolute atomic E-state index is 0.191. The van der Waals surface area contributed by atoms with Gasteiger partial charge in [0, 0.05) is 50.8 Å². The summed E-state index contributed by atoms with van der Waals surface area (Å²) in [5.74, 6) is 0.778. The molecule has 41 heavy (non-hydrogen) atoms. The lowest BCUT2D eigenvalue weighted by molar-refractivity contribution is -0.119. The van der Waals surface area contributed by atoms with Gasteiger partial charge in [-0.2, -0.15) is 0 Å². The van der Waals surface area contributed by atoms with Crippen LogP contribution in [0.2, 0.25) is 5.02 Å². The Bertz CT molecular complexity index is 1090. The average Bonchev–Trinajstić information content (AvgIpc) is 3.40. The number of benzene rings is 1. The number of carbonyl (C=O) groups excluding carboxylic acids is 3. The summed E-state index contributed by atoms with van der Waals surface area (Å²) in [6.07, 6.45) is 8.15. The van der Waals surface area contributed by atoms with E-state index in [1.54, 1.807) is 9.80 Å². The van der Waals surface area contributed by atoms with E-state index in [0.29, 0.717) is 25.3 Å². The second-order valence-electron chi connectivity index (χ2n) is 10.2. The first kappa shape index (κ1) is 35.9. The molecule has 1 saturated heterocycles. The Kier molecular flexibility index (Phi) is 16.7. The second kappa shape index (κ2) is 19.0. The van der Waals surface area contributed by atoms with Crippen LogP contribution in [0.3, 0.4) is 0 Å². The number of imidazole rings is 1. The van der Waals surface area contributed by atoms with E-state index in [1.807, 2.05) is 70.4 Å². The monoisotopic (exact) mass is 589 g/mol. The van der Waals surface area contributed by atoms with Gasteiger partial charge >= 0.3 is 6.09 Å². The number of nitrogens with zero attached hydrogens (tertiary/aromatic N) is 5. The molecule has 0 aliphatic carbocycles. The van der Waals surface area contributed by atoms with Crippen LogP contribution < -0.4 is 0 Å². The number of allylic oxidation sites excluding steroid dienone is 1. The highest BCUT2D eigenvalue weighted by atomic mass is 35.5. The number of ether oxygens (including phenoxy) is 1. The van der Waals surface area contributed by atoms with Gasteiger partial charge in [0.05, 0.1) is 12.7 Å². The Morgan fingerprint density at radius 2 is 1.71 bits per heavy atom. The molecule has 1 fully saturated rings. The molecule has 1 aromatic carbocycles. The van der Waals surface area contributed by atoms with E-state index in [-0.39, 0.29) is 6.09 Å². The first-order valence-corrected chi connectivity index (χ1v) is 14.7. The highest BCUT2D eigenvalue weighted by Gasteiger charge is 2.25. The Morgan fingerprint density at radius 1 is 1.05 bits per heavy atom. The van der Waals surface area contributed by atoms with Crippen molar-refractivity contribution in [2.45, 2.75) is 73.6 Å². The van der Waals surface area contributed by atoms with E-state index in [4.69, 9.17) is 16.3 Å². The van der Waals surface area contributed by atoms with Gasteiger partial charge in [0.25, 0.3) is 0 Å². The lowest BCUT2D eigenvalue weighted by Gasteiger charge is -2.35. The maximum Gasteiger partial charge on any atom is 0.410 e. The maximum atomic E-state index is 11.8. The zero-order valence-corrected chi connectivity index (χ0v) is 26.6. The molecule has 2 amide bonds. The summed E-state index contributed by atoms with van der Waals surface area (Å²) in [5, 5.41) is 0.875. The number of rotatable bonds is 5. The molecule has 9 nitrogen and oxygen atoms in total. The summed E-state index contributed by atoms with van der Waals surface area (Å²) in [4.78, 5) is 42.6. The minimum atomic E-state index is -0.404. The van der Waals surface area contributed by atoms with Crippen LogP contribution in [0.25, 0.3) is 0 Å². The smallest absolute Gasteiger partial charge is 0.410 e. The van der Waals surface area contributed by atoms with Crippen molar-refractivity contribution in [1.29, 1.82) is 0 Å². The Hall–Kier alpha value is -3.17. The molecule has 10 heteroatoms. The highest BCUT2D eigenvalue weighted by Crippen LogP contribution is 2.15. The van der Waals surface area contributed by atoms with Crippen molar-refractivity contribution in [1.82, 2.24) is 24.3 Å². The molecule has 0 saturated carbocycles. The second-order valence-corrected chi connectivity index (χ2v) is 10.6. The number of hydrogen-bond acceptors (Lipinski definition) is 6. The highest BCUT2D eigenvalue weighted by molar-refractivity contribution is 6.31.